The first kappa shape index (κ1) is 15.8. The van der Waals surface area contributed by atoms with Crippen molar-refractivity contribution in [2.45, 2.75) is 19.9 Å². The third kappa shape index (κ3) is 4.19. The van der Waals surface area contributed by atoms with Gasteiger partial charge in [0.1, 0.15) is 11.5 Å². The van der Waals surface area contributed by atoms with Crippen LogP contribution in [-0.2, 0) is 6.54 Å². The molecule has 0 atom stereocenters. The summed E-state index contributed by atoms with van der Waals surface area (Å²) < 4.78 is 5.52. The van der Waals surface area contributed by atoms with Crippen LogP contribution in [0.5, 0.6) is 11.5 Å². The first-order valence-corrected chi connectivity index (χ1v) is 7.50. The molecule has 0 aliphatic rings. The van der Waals surface area contributed by atoms with Crippen molar-refractivity contribution < 1.29 is 9.84 Å². The Morgan fingerprint density at radius 1 is 1.14 bits per heavy atom. The number of hydrogen-bond acceptors (Lipinski definition) is 3. The SMILES string of the molecule is CCCOc1ccc(NCc2cccc(Cl)c2O)cc1Cl. The fourth-order valence-electron chi connectivity index (χ4n) is 1.84. The summed E-state index contributed by atoms with van der Waals surface area (Å²) in [6.07, 6.45) is 0.935. The van der Waals surface area contributed by atoms with E-state index in [-0.39, 0.29) is 5.75 Å². The minimum atomic E-state index is 0.0978. The van der Waals surface area contributed by atoms with Crippen molar-refractivity contribution in [1.82, 2.24) is 0 Å². The lowest BCUT2D eigenvalue weighted by atomic mass is 10.2. The molecule has 0 bridgehead atoms. The van der Waals surface area contributed by atoms with Crippen LogP contribution in [0.4, 0.5) is 5.69 Å². The van der Waals surface area contributed by atoms with Crippen molar-refractivity contribution in [1.29, 1.82) is 0 Å². The lowest BCUT2D eigenvalue weighted by Gasteiger charge is -2.11. The second-order valence-corrected chi connectivity index (χ2v) is 5.41. The molecule has 0 radical (unpaired) electrons. The van der Waals surface area contributed by atoms with Crippen LogP contribution >= 0.6 is 23.2 Å². The third-order valence-corrected chi connectivity index (χ3v) is 3.55. The second-order valence-electron chi connectivity index (χ2n) is 4.59. The van der Waals surface area contributed by atoms with Gasteiger partial charge in [0, 0.05) is 17.8 Å². The predicted molar refractivity (Wildman–Crippen MR) is 87.7 cm³/mol. The number of phenols is 1. The molecule has 0 saturated heterocycles. The van der Waals surface area contributed by atoms with Crippen LogP contribution in [0.25, 0.3) is 0 Å². The van der Waals surface area contributed by atoms with E-state index in [1.807, 2.05) is 25.1 Å². The van der Waals surface area contributed by atoms with E-state index in [0.717, 1.165) is 17.7 Å². The quantitative estimate of drug-likeness (QED) is 0.776. The highest BCUT2D eigenvalue weighted by Crippen LogP contribution is 2.30. The molecule has 2 rings (SSSR count). The number of halogens is 2. The van der Waals surface area contributed by atoms with E-state index in [0.29, 0.717) is 28.9 Å². The lowest BCUT2D eigenvalue weighted by molar-refractivity contribution is 0.317. The second kappa shape index (κ2) is 7.43. The standard InChI is InChI=1S/C16H17Cl2NO2/c1-2-8-21-15-7-6-12(9-14(15)18)19-10-11-4-3-5-13(17)16(11)20/h3-7,9,19-20H,2,8,10H2,1H3. The Morgan fingerprint density at radius 2 is 1.95 bits per heavy atom. The minimum Gasteiger partial charge on any atom is -0.506 e. The number of rotatable bonds is 6. The number of benzene rings is 2. The van der Waals surface area contributed by atoms with E-state index in [2.05, 4.69) is 5.32 Å². The minimum absolute atomic E-state index is 0.0978. The molecular formula is C16H17Cl2NO2. The molecule has 0 spiro atoms. The molecule has 0 aliphatic carbocycles. The highest BCUT2D eigenvalue weighted by atomic mass is 35.5. The van der Waals surface area contributed by atoms with Crippen molar-refractivity contribution in [2.24, 2.45) is 0 Å². The van der Waals surface area contributed by atoms with E-state index in [1.54, 1.807) is 18.2 Å². The van der Waals surface area contributed by atoms with Gasteiger partial charge >= 0.3 is 0 Å². The highest BCUT2D eigenvalue weighted by molar-refractivity contribution is 6.32. The lowest BCUT2D eigenvalue weighted by Crippen LogP contribution is -2.01. The molecular weight excluding hydrogens is 309 g/mol. The van der Waals surface area contributed by atoms with Gasteiger partial charge in [-0.3, -0.25) is 0 Å². The maximum absolute atomic E-state index is 9.85. The average Bonchev–Trinajstić information content (AvgIpc) is 2.48. The highest BCUT2D eigenvalue weighted by Gasteiger charge is 2.06. The van der Waals surface area contributed by atoms with Crippen LogP contribution in [0, 0.1) is 0 Å². The number of nitrogens with one attached hydrogen (secondary N) is 1. The number of anilines is 1. The summed E-state index contributed by atoms with van der Waals surface area (Å²) in [6.45, 7) is 3.14. The van der Waals surface area contributed by atoms with Gasteiger partial charge in [-0.05, 0) is 30.7 Å². The molecule has 2 aromatic rings. The number of hydrogen-bond donors (Lipinski definition) is 2. The number of phenolic OH excluding ortho intramolecular Hbond substituents is 1. The van der Waals surface area contributed by atoms with Gasteiger partial charge in [0.15, 0.2) is 0 Å². The Kier molecular flexibility index (Phi) is 5.59. The Balaban J connectivity index is 2.03. The summed E-state index contributed by atoms with van der Waals surface area (Å²) in [5.74, 6) is 0.773. The van der Waals surface area contributed by atoms with Gasteiger partial charge < -0.3 is 15.2 Å². The van der Waals surface area contributed by atoms with Gasteiger partial charge in [-0.25, -0.2) is 0 Å². The summed E-state index contributed by atoms with van der Waals surface area (Å²) in [5.41, 5.74) is 1.58. The molecule has 21 heavy (non-hydrogen) atoms. The summed E-state index contributed by atoms with van der Waals surface area (Å²) in [7, 11) is 0. The topological polar surface area (TPSA) is 41.5 Å². The van der Waals surface area contributed by atoms with Crippen molar-refractivity contribution in [3.05, 3.63) is 52.0 Å². The summed E-state index contributed by atoms with van der Waals surface area (Å²) in [4.78, 5) is 0. The van der Waals surface area contributed by atoms with Gasteiger partial charge in [0.05, 0.1) is 16.7 Å². The van der Waals surface area contributed by atoms with Crippen LogP contribution in [-0.4, -0.2) is 11.7 Å². The maximum atomic E-state index is 9.85. The van der Waals surface area contributed by atoms with Crippen molar-refractivity contribution >= 4 is 28.9 Å². The van der Waals surface area contributed by atoms with E-state index in [1.165, 1.54) is 0 Å². The monoisotopic (exact) mass is 325 g/mol. The third-order valence-electron chi connectivity index (χ3n) is 2.95. The first-order valence-electron chi connectivity index (χ1n) is 6.74. The fourth-order valence-corrected chi connectivity index (χ4v) is 2.27. The average molecular weight is 326 g/mol. The zero-order valence-electron chi connectivity index (χ0n) is 11.7. The Labute approximate surface area is 134 Å². The molecule has 5 heteroatoms. The molecule has 2 N–H and O–H groups in total. The number of aromatic hydroxyl groups is 1. The number of para-hydroxylation sites is 1. The number of ether oxygens (including phenoxy) is 1. The van der Waals surface area contributed by atoms with Gasteiger partial charge in [0.25, 0.3) is 0 Å². The molecule has 0 unspecified atom stereocenters. The molecule has 0 fully saturated rings. The van der Waals surface area contributed by atoms with Crippen LogP contribution in [0.2, 0.25) is 10.0 Å². The first-order chi connectivity index (χ1) is 10.1. The smallest absolute Gasteiger partial charge is 0.139 e. The summed E-state index contributed by atoms with van der Waals surface area (Å²) in [6, 6.07) is 10.8. The van der Waals surface area contributed by atoms with Gasteiger partial charge in [-0.15, -0.1) is 0 Å². The molecule has 0 aromatic heterocycles. The van der Waals surface area contributed by atoms with Gasteiger partial charge in [-0.1, -0.05) is 42.3 Å². The Morgan fingerprint density at radius 3 is 2.67 bits per heavy atom. The van der Waals surface area contributed by atoms with Crippen molar-refractivity contribution in [2.75, 3.05) is 11.9 Å². The van der Waals surface area contributed by atoms with Crippen LogP contribution in [0.3, 0.4) is 0 Å². The van der Waals surface area contributed by atoms with E-state index >= 15 is 0 Å². The van der Waals surface area contributed by atoms with Gasteiger partial charge in [-0.2, -0.15) is 0 Å². The Hall–Kier alpha value is -1.58. The molecule has 0 heterocycles. The molecule has 112 valence electrons. The molecule has 3 nitrogen and oxygen atoms in total. The maximum Gasteiger partial charge on any atom is 0.139 e. The fraction of sp³-hybridized carbons (Fsp3) is 0.250. The van der Waals surface area contributed by atoms with Crippen LogP contribution in [0.1, 0.15) is 18.9 Å². The molecule has 2 aromatic carbocycles. The Bertz CT molecular complexity index is 617. The van der Waals surface area contributed by atoms with Crippen molar-refractivity contribution in [3.63, 3.8) is 0 Å². The van der Waals surface area contributed by atoms with Gasteiger partial charge in [0.2, 0.25) is 0 Å². The van der Waals surface area contributed by atoms with Crippen LogP contribution < -0.4 is 10.1 Å². The van der Waals surface area contributed by atoms with Crippen molar-refractivity contribution in [3.8, 4) is 11.5 Å². The summed E-state index contributed by atoms with van der Waals surface area (Å²) in [5, 5.41) is 14.0. The van der Waals surface area contributed by atoms with E-state index < -0.39 is 0 Å². The zero-order chi connectivity index (χ0) is 15.2. The van der Waals surface area contributed by atoms with E-state index in [4.69, 9.17) is 27.9 Å². The summed E-state index contributed by atoms with van der Waals surface area (Å²) >= 11 is 12.0. The predicted octanol–water partition coefficient (Wildman–Crippen LogP) is 5.10. The molecule has 0 saturated carbocycles. The molecule has 0 amide bonds. The largest absolute Gasteiger partial charge is 0.506 e. The zero-order valence-corrected chi connectivity index (χ0v) is 13.2. The van der Waals surface area contributed by atoms with Crippen LogP contribution in [0.15, 0.2) is 36.4 Å². The van der Waals surface area contributed by atoms with E-state index in [9.17, 15) is 5.11 Å². The normalized spacial score (nSPS) is 10.4. The molecule has 0 aliphatic heterocycles.